The molecule has 0 aliphatic heterocycles. The third-order valence-electron chi connectivity index (χ3n) is 4.23. The number of nitrogens with zero attached hydrogens (tertiary/aromatic N) is 1. The van der Waals surface area contributed by atoms with Gasteiger partial charge in [-0.25, -0.2) is 0 Å². The molecule has 1 heterocycles. The molecule has 144 valence electrons. The second kappa shape index (κ2) is 8.99. The molecule has 1 amide bonds. The fraction of sp³-hybridized carbons (Fsp3) is 0.227. The average Bonchev–Trinajstić information content (AvgIpc) is 3.16. The van der Waals surface area contributed by atoms with Gasteiger partial charge in [-0.05, 0) is 12.5 Å². The number of benzene rings is 2. The monoisotopic (exact) mass is 378 g/mol. The van der Waals surface area contributed by atoms with Crippen LogP contribution < -0.4 is 5.32 Å². The third kappa shape index (κ3) is 5.30. The molecular formula is C22H22N2O4. The van der Waals surface area contributed by atoms with Gasteiger partial charge in [0.2, 0.25) is 5.91 Å². The molecule has 6 nitrogen and oxygen atoms in total. The van der Waals surface area contributed by atoms with Gasteiger partial charge in [0.25, 0.3) is 0 Å². The van der Waals surface area contributed by atoms with Crippen LogP contribution >= 0.6 is 0 Å². The van der Waals surface area contributed by atoms with E-state index in [2.05, 4.69) is 10.5 Å². The highest BCUT2D eigenvalue weighted by atomic mass is 16.5. The summed E-state index contributed by atoms with van der Waals surface area (Å²) >= 11 is 0. The number of hydrogen-bond acceptors (Lipinski definition) is 5. The fourth-order valence-corrected chi connectivity index (χ4v) is 2.79. The van der Waals surface area contributed by atoms with E-state index in [-0.39, 0.29) is 18.9 Å². The lowest BCUT2D eigenvalue weighted by Gasteiger charge is -2.17. The summed E-state index contributed by atoms with van der Waals surface area (Å²) in [4.78, 5) is 23.8. The van der Waals surface area contributed by atoms with E-state index in [0.29, 0.717) is 11.5 Å². The first-order chi connectivity index (χ1) is 13.5. The molecule has 6 heteroatoms. The zero-order valence-electron chi connectivity index (χ0n) is 15.8. The van der Waals surface area contributed by atoms with Crippen LogP contribution in [0.4, 0.5) is 0 Å². The van der Waals surface area contributed by atoms with Crippen molar-refractivity contribution in [2.45, 2.75) is 32.9 Å². The lowest BCUT2D eigenvalue weighted by atomic mass is 10.0. The number of ether oxygens (including phenoxy) is 1. The van der Waals surface area contributed by atoms with Crippen molar-refractivity contribution >= 4 is 11.9 Å². The summed E-state index contributed by atoms with van der Waals surface area (Å²) < 4.78 is 10.6. The highest BCUT2D eigenvalue weighted by molar-refractivity contribution is 5.76. The summed E-state index contributed by atoms with van der Waals surface area (Å²) in [5.41, 5.74) is 3.38. The molecule has 0 saturated carbocycles. The Hall–Kier alpha value is -3.41. The lowest BCUT2D eigenvalue weighted by Crippen LogP contribution is -2.28. The minimum absolute atomic E-state index is 0.00978. The number of amides is 1. The van der Waals surface area contributed by atoms with Crippen LogP contribution in [-0.2, 0) is 20.9 Å². The van der Waals surface area contributed by atoms with Crippen molar-refractivity contribution in [3.8, 4) is 11.3 Å². The van der Waals surface area contributed by atoms with Crippen LogP contribution in [0.3, 0.4) is 0 Å². The highest BCUT2D eigenvalue weighted by Gasteiger charge is 2.18. The van der Waals surface area contributed by atoms with Crippen LogP contribution in [0.15, 0.2) is 65.2 Å². The van der Waals surface area contributed by atoms with Crippen molar-refractivity contribution in [2.24, 2.45) is 0 Å². The van der Waals surface area contributed by atoms with Gasteiger partial charge in [0.15, 0.2) is 5.76 Å². The van der Waals surface area contributed by atoms with Gasteiger partial charge < -0.3 is 14.6 Å². The maximum atomic E-state index is 12.3. The van der Waals surface area contributed by atoms with Crippen LogP contribution in [0.2, 0.25) is 0 Å². The van der Waals surface area contributed by atoms with Crippen molar-refractivity contribution < 1.29 is 18.8 Å². The quantitative estimate of drug-likeness (QED) is 0.629. The Balaban J connectivity index is 1.59. The molecule has 28 heavy (non-hydrogen) atoms. The molecule has 1 N–H and O–H groups in total. The molecule has 0 aliphatic carbocycles. The summed E-state index contributed by atoms with van der Waals surface area (Å²) in [6.07, 6.45) is 0.0338. The molecule has 0 fully saturated rings. The standard InChI is InChI=1S/C22H22N2O4/c1-15-8-10-17(11-9-15)20(23-16(2)25)13-22(26)27-14-19-12-21(28-24-19)18-6-4-3-5-7-18/h3-12,20H,13-14H2,1-2H3,(H,23,25). The number of aromatic nitrogens is 1. The predicted octanol–water partition coefficient (Wildman–Crippen LogP) is 3.96. The van der Waals surface area contributed by atoms with Crippen LogP contribution in [0, 0.1) is 6.92 Å². The number of carbonyl (C=O) groups excluding carboxylic acids is 2. The third-order valence-corrected chi connectivity index (χ3v) is 4.23. The summed E-state index contributed by atoms with van der Waals surface area (Å²) in [5.74, 6) is -0.0200. The zero-order chi connectivity index (χ0) is 19.9. The summed E-state index contributed by atoms with van der Waals surface area (Å²) in [7, 11) is 0. The first-order valence-electron chi connectivity index (χ1n) is 9.01. The molecule has 0 aliphatic rings. The molecule has 1 atom stereocenters. The number of nitrogens with one attached hydrogen (secondary N) is 1. The average molecular weight is 378 g/mol. The summed E-state index contributed by atoms with van der Waals surface area (Å²) in [6.45, 7) is 3.41. The first kappa shape index (κ1) is 19.4. The van der Waals surface area contributed by atoms with Gasteiger partial charge in [-0.15, -0.1) is 0 Å². The maximum absolute atomic E-state index is 12.3. The number of esters is 1. The molecule has 0 bridgehead atoms. The van der Waals surface area contributed by atoms with Crippen LogP contribution in [0.1, 0.15) is 36.2 Å². The number of rotatable bonds is 7. The molecule has 0 radical (unpaired) electrons. The Morgan fingerprint density at radius 3 is 2.50 bits per heavy atom. The van der Waals surface area contributed by atoms with E-state index in [1.54, 1.807) is 6.07 Å². The normalized spacial score (nSPS) is 11.6. The Labute approximate surface area is 163 Å². The topological polar surface area (TPSA) is 81.4 Å². The molecular weight excluding hydrogens is 356 g/mol. The predicted molar refractivity (Wildman–Crippen MR) is 104 cm³/mol. The highest BCUT2D eigenvalue weighted by Crippen LogP contribution is 2.21. The Morgan fingerprint density at radius 1 is 1.11 bits per heavy atom. The van der Waals surface area contributed by atoms with Crippen LogP contribution in [0.5, 0.6) is 0 Å². The summed E-state index contributed by atoms with van der Waals surface area (Å²) in [5, 5.41) is 6.73. The van der Waals surface area contributed by atoms with E-state index in [0.717, 1.165) is 16.7 Å². The lowest BCUT2D eigenvalue weighted by molar-refractivity contribution is -0.145. The molecule has 2 aromatic carbocycles. The first-order valence-corrected chi connectivity index (χ1v) is 9.01. The van der Waals surface area contributed by atoms with Gasteiger partial charge in [0.05, 0.1) is 12.5 Å². The van der Waals surface area contributed by atoms with E-state index in [1.165, 1.54) is 6.92 Å². The Morgan fingerprint density at radius 2 is 1.82 bits per heavy atom. The van der Waals surface area contributed by atoms with Gasteiger partial charge in [0.1, 0.15) is 12.3 Å². The van der Waals surface area contributed by atoms with Crippen molar-refractivity contribution in [2.75, 3.05) is 0 Å². The van der Waals surface area contributed by atoms with Gasteiger partial charge in [0, 0.05) is 18.6 Å². The molecule has 3 aromatic rings. The van der Waals surface area contributed by atoms with Gasteiger partial charge in [-0.1, -0.05) is 65.3 Å². The van der Waals surface area contributed by atoms with Crippen molar-refractivity contribution in [3.05, 3.63) is 77.5 Å². The largest absolute Gasteiger partial charge is 0.459 e. The van der Waals surface area contributed by atoms with E-state index in [1.807, 2.05) is 61.5 Å². The SMILES string of the molecule is CC(=O)NC(CC(=O)OCc1cc(-c2ccccc2)on1)c1ccc(C)cc1. The van der Waals surface area contributed by atoms with Crippen LogP contribution in [0.25, 0.3) is 11.3 Å². The van der Waals surface area contributed by atoms with E-state index in [9.17, 15) is 9.59 Å². The van der Waals surface area contributed by atoms with Gasteiger partial charge in [-0.3, -0.25) is 9.59 Å². The van der Waals surface area contributed by atoms with Crippen molar-refractivity contribution in [1.82, 2.24) is 10.5 Å². The smallest absolute Gasteiger partial charge is 0.308 e. The second-order valence-corrected chi connectivity index (χ2v) is 6.58. The van der Waals surface area contributed by atoms with Gasteiger partial charge >= 0.3 is 5.97 Å². The minimum Gasteiger partial charge on any atom is -0.459 e. The number of aryl methyl sites for hydroxylation is 1. The zero-order valence-corrected chi connectivity index (χ0v) is 15.8. The van der Waals surface area contributed by atoms with Crippen molar-refractivity contribution in [1.29, 1.82) is 0 Å². The van der Waals surface area contributed by atoms with Gasteiger partial charge in [-0.2, -0.15) is 0 Å². The molecule has 1 aromatic heterocycles. The summed E-state index contributed by atoms with van der Waals surface area (Å²) in [6, 6.07) is 18.5. The molecule has 1 unspecified atom stereocenters. The minimum atomic E-state index is -0.442. The van der Waals surface area contributed by atoms with E-state index in [4.69, 9.17) is 9.26 Å². The van der Waals surface area contributed by atoms with Crippen LogP contribution in [-0.4, -0.2) is 17.0 Å². The van der Waals surface area contributed by atoms with E-state index >= 15 is 0 Å². The molecule has 3 rings (SSSR count). The second-order valence-electron chi connectivity index (χ2n) is 6.58. The molecule has 0 saturated heterocycles. The molecule has 0 spiro atoms. The number of hydrogen-bond donors (Lipinski definition) is 1. The Bertz CT molecular complexity index is 933. The fourth-order valence-electron chi connectivity index (χ4n) is 2.79. The van der Waals surface area contributed by atoms with E-state index < -0.39 is 12.0 Å². The number of carbonyl (C=O) groups is 2. The Kier molecular flexibility index (Phi) is 6.22. The van der Waals surface area contributed by atoms with Crippen molar-refractivity contribution in [3.63, 3.8) is 0 Å². The maximum Gasteiger partial charge on any atom is 0.308 e.